The molecule has 1 amide bonds. The first-order chi connectivity index (χ1) is 13.7. The average molecular weight is 371 g/mol. The molecule has 1 fully saturated rings. The number of hydrogen-bond donors (Lipinski definition) is 1. The predicted molar refractivity (Wildman–Crippen MR) is 112 cm³/mol. The summed E-state index contributed by atoms with van der Waals surface area (Å²) in [4.78, 5) is 12.3. The van der Waals surface area contributed by atoms with Crippen LogP contribution < -0.4 is 10.1 Å². The zero-order valence-corrected chi connectivity index (χ0v) is 16.2. The second kappa shape index (κ2) is 7.89. The van der Waals surface area contributed by atoms with Gasteiger partial charge in [0, 0.05) is 17.5 Å². The van der Waals surface area contributed by atoms with Crippen molar-refractivity contribution < 1.29 is 9.53 Å². The van der Waals surface area contributed by atoms with Gasteiger partial charge in [0.05, 0.1) is 13.5 Å². The van der Waals surface area contributed by atoms with Crippen LogP contribution in [0.2, 0.25) is 0 Å². The lowest BCUT2D eigenvalue weighted by Crippen LogP contribution is -2.33. The van der Waals surface area contributed by atoms with E-state index in [2.05, 4.69) is 35.6 Å². The van der Waals surface area contributed by atoms with E-state index in [0.717, 1.165) is 35.3 Å². The number of nitrogens with one attached hydrogen (secondary N) is 1. The summed E-state index contributed by atoms with van der Waals surface area (Å²) in [5, 5.41) is 3.14. The van der Waals surface area contributed by atoms with Gasteiger partial charge in [0.25, 0.3) is 0 Å². The third-order valence-corrected chi connectivity index (χ3v) is 5.60. The van der Waals surface area contributed by atoms with Crippen LogP contribution >= 0.6 is 0 Å². The molecule has 0 aromatic heterocycles. The molecule has 0 heterocycles. The van der Waals surface area contributed by atoms with E-state index in [9.17, 15) is 4.79 Å². The summed E-state index contributed by atoms with van der Waals surface area (Å²) < 4.78 is 5.48. The fraction of sp³-hybridized carbons (Fsp3) is 0.240. The van der Waals surface area contributed by atoms with Crippen LogP contribution in [0.1, 0.15) is 24.0 Å². The molecular formula is C25H25NO2. The lowest BCUT2D eigenvalue weighted by atomic mass is 9.93. The number of hydrogen-bond acceptors (Lipinski definition) is 2. The molecule has 1 N–H and O–H groups in total. The maximum absolute atomic E-state index is 12.3. The monoisotopic (exact) mass is 371 g/mol. The van der Waals surface area contributed by atoms with E-state index < -0.39 is 0 Å². The van der Waals surface area contributed by atoms with Crippen molar-refractivity contribution in [2.75, 3.05) is 13.7 Å². The minimum Gasteiger partial charge on any atom is -0.496 e. The van der Waals surface area contributed by atoms with Crippen molar-refractivity contribution in [3.63, 3.8) is 0 Å². The highest BCUT2D eigenvalue weighted by molar-refractivity contribution is 5.78. The lowest BCUT2D eigenvalue weighted by Gasteiger charge is -2.17. The van der Waals surface area contributed by atoms with Gasteiger partial charge in [-0.15, -0.1) is 0 Å². The van der Waals surface area contributed by atoms with Crippen molar-refractivity contribution in [1.82, 2.24) is 5.32 Å². The van der Waals surface area contributed by atoms with Gasteiger partial charge >= 0.3 is 0 Å². The number of ether oxygens (including phenoxy) is 1. The molecule has 3 aromatic carbocycles. The molecule has 1 aliphatic carbocycles. The van der Waals surface area contributed by atoms with Crippen molar-refractivity contribution in [3.05, 3.63) is 90.0 Å². The maximum Gasteiger partial charge on any atom is 0.224 e. The fourth-order valence-electron chi connectivity index (χ4n) is 3.72. The Balaban J connectivity index is 1.42. The molecule has 0 spiro atoms. The largest absolute Gasteiger partial charge is 0.496 e. The van der Waals surface area contributed by atoms with Crippen molar-refractivity contribution in [2.45, 2.75) is 24.7 Å². The summed E-state index contributed by atoms with van der Waals surface area (Å²) in [5.74, 6) is 0.965. The summed E-state index contributed by atoms with van der Waals surface area (Å²) in [6.45, 7) is 0.701. The molecule has 0 unspecified atom stereocenters. The summed E-state index contributed by atoms with van der Waals surface area (Å²) in [5.41, 5.74) is 4.67. The minimum atomic E-state index is 0.0862. The number of amides is 1. The summed E-state index contributed by atoms with van der Waals surface area (Å²) in [6.07, 6.45) is 2.67. The topological polar surface area (TPSA) is 38.3 Å². The zero-order valence-electron chi connectivity index (χ0n) is 16.2. The van der Waals surface area contributed by atoms with Crippen molar-refractivity contribution in [3.8, 4) is 16.9 Å². The molecule has 0 saturated heterocycles. The summed E-state index contributed by atoms with van der Waals surface area (Å²) in [6, 6.07) is 26.6. The average Bonchev–Trinajstić information content (AvgIpc) is 3.54. The van der Waals surface area contributed by atoms with Crippen LogP contribution in [0.5, 0.6) is 5.75 Å². The second-order valence-electron chi connectivity index (χ2n) is 7.50. The quantitative estimate of drug-likeness (QED) is 0.651. The maximum atomic E-state index is 12.3. The Morgan fingerprint density at radius 3 is 2.29 bits per heavy atom. The number of carbonyl (C=O) groups is 1. The third-order valence-electron chi connectivity index (χ3n) is 5.60. The lowest BCUT2D eigenvalue weighted by molar-refractivity contribution is -0.120. The molecule has 1 aliphatic rings. The predicted octanol–water partition coefficient (Wildman–Crippen LogP) is 4.75. The van der Waals surface area contributed by atoms with E-state index in [4.69, 9.17) is 4.74 Å². The molecule has 142 valence electrons. The third kappa shape index (κ3) is 3.94. The van der Waals surface area contributed by atoms with Gasteiger partial charge in [0.1, 0.15) is 5.75 Å². The molecule has 0 radical (unpaired) electrons. The van der Waals surface area contributed by atoms with Gasteiger partial charge in [-0.25, -0.2) is 0 Å². The number of benzene rings is 3. The smallest absolute Gasteiger partial charge is 0.224 e. The van der Waals surface area contributed by atoms with Crippen LogP contribution in [-0.2, 0) is 16.6 Å². The van der Waals surface area contributed by atoms with Gasteiger partial charge in [-0.2, -0.15) is 0 Å². The van der Waals surface area contributed by atoms with Crippen molar-refractivity contribution in [2.24, 2.45) is 0 Å². The fourth-order valence-corrected chi connectivity index (χ4v) is 3.72. The Morgan fingerprint density at radius 2 is 1.61 bits per heavy atom. The SMILES string of the molecule is COc1ccccc1-c1ccc(C2(CNC(=O)Cc3ccccc3)CC2)cc1. The zero-order chi connectivity index (χ0) is 19.4. The van der Waals surface area contributed by atoms with Crippen molar-refractivity contribution in [1.29, 1.82) is 0 Å². The summed E-state index contributed by atoms with van der Waals surface area (Å²) in [7, 11) is 1.70. The highest BCUT2D eigenvalue weighted by Gasteiger charge is 2.44. The van der Waals surface area contributed by atoms with E-state index >= 15 is 0 Å². The van der Waals surface area contributed by atoms with E-state index in [1.165, 1.54) is 5.56 Å². The molecule has 0 atom stereocenters. The molecule has 3 heteroatoms. The van der Waals surface area contributed by atoms with Crippen LogP contribution in [0.4, 0.5) is 0 Å². The van der Waals surface area contributed by atoms with Gasteiger partial charge in [-0.3, -0.25) is 4.79 Å². The van der Waals surface area contributed by atoms with Crippen LogP contribution in [0, 0.1) is 0 Å². The first-order valence-electron chi connectivity index (χ1n) is 9.75. The first-order valence-corrected chi connectivity index (χ1v) is 9.75. The minimum absolute atomic E-state index is 0.0862. The van der Waals surface area contributed by atoms with E-state index in [0.29, 0.717) is 13.0 Å². The number of rotatable bonds is 7. The van der Waals surface area contributed by atoms with Crippen molar-refractivity contribution >= 4 is 5.91 Å². The molecule has 0 bridgehead atoms. The molecule has 4 rings (SSSR count). The van der Waals surface area contributed by atoms with Crippen LogP contribution in [0.25, 0.3) is 11.1 Å². The van der Waals surface area contributed by atoms with Gasteiger partial charge in [-0.05, 0) is 35.6 Å². The summed E-state index contributed by atoms with van der Waals surface area (Å²) >= 11 is 0. The van der Waals surface area contributed by atoms with Gasteiger partial charge in [0.2, 0.25) is 5.91 Å². The highest BCUT2D eigenvalue weighted by Crippen LogP contribution is 2.48. The Hall–Kier alpha value is -3.07. The van der Waals surface area contributed by atoms with Crippen LogP contribution in [-0.4, -0.2) is 19.6 Å². The Kier molecular flexibility index (Phi) is 5.16. The van der Waals surface area contributed by atoms with Gasteiger partial charge in [-0.1, -0.05) is 72.8 Å². The van der Waals surface area contributed by atoms with Gasteiger partial charge < -0.3 is 10.1 Å². The van der Waals surface area contributed by atoms with Crippen LogP contribution in [0.3, 0.4) is 0 Å². The van der Waals surface area contributed by atoms with E-state index in [1.807, 2.05) is 48.5 Å². The van der Waals surface area contributed by atoms with Gasteiger partial charge in [0.15, 0.2) is 0 Å². The Labute approximate surface area is 166 Å². The molecule has 1 saturated carbocycles. The highest BCUT2D eigenvalue weighted by atomic mass is 16.5. The molecular weight excluding hydrogens is 346 g/mol. The number of methoxy groups -OCH3 is 1. The Bertz CT molecular complexity index is 944. The molecule has 3 nitrogen and oxygen atoms in total. The number of carbonyl (C=O) groups excluding carboxylic acids is 1. The van der Waals surface area contributed by atoms with E-state index in [1.54, 1.807) is 7.11 Å². The van der Waals surface area contributed by atoms with Crippen LogP contribution in [0.15, 0.2) is 78.9 Å². The van der Waals surface area contributed by atoms with E-state index in [-0.39, 0.29) is 11.3 Å². The normalized spacial score (nSPS) is 14.3. The molecule has 3 aromatic rings. The Morgan fingerprint density at radius 1 is 0.929 bits per heavy atom. The molecule has 0 aliphatic heterocycles. The number of para-hydroxylation sites is 1. The first kappa shape index (κ1) is 18.3. The second-order valence-corrected chi connectivity index (χ2v) is 7.50. The standard InChI is InChI=1S/C25H25NO2/c1-28-23-10-6-5-9-22(23)20-11-13-21(14-12-20)25(15-16-25)18-26-24(27)17-19-7-3-2-4-8-19/h2-14H,15-18H2,1H3,(H,26,27). The molecule has 28 heavy (non-hydrogen) atoms.